The maximum absolute atomic E-state index is 12.5. The number of hydrogen-bond acceptors (Lipinski definition) is 8. The second-order valence-corrected chi connectivity index (χ2v) is 15.6. The van der Waals surface area contributed by atoms with E-state index in [0.29, 0.717) is 55.5 Å². The SMILES string of the molecule is Cc1cc2c(C(C)C)c(O)c(O)c(C=Nc3ccc4ccccc4c3)c2c(O)c1-c1c(C)cc2c(C(C)C)c(O)c(O)c(C=Nc3ccc4ccccc4c3)c2c1O. The molecule has 58 heavy (non-hydrogen) atoms. The van der Waals surface area contributed by atoms with Crippen LogP contribution in [0.15, 0.2) is 107 Å². The molecule has 0 amide bonds. The molecule has 0 aliphatic carbocycles. The first-order valence-corrected chi connectivity index (χ1v) is 19.3. The van der Waals surface area contributed by atoms with Crippen molar-refractivity contribution in [3.05, 3.63) is 130 Å². The van der Waals surface area contributed by atoms with Crippen molar-refractivity contribution in [3.63, 3.8) is 0 Å². The van der Waals surface area contributed by atoms with Gasteiger partial charge in [-0.2, -0.15) is 0 Å². The van der Waals surface area contributed by atoms with Crippen LogP contribution >= 0.6 is 0 Å². The maximum Gasteiger partial charge on any atom is 0.167 e. The number of phenolic OH excluding ortho intramolecular Hbond substituents is 6. The lowest BCUT2D eigenvalue weighted by Gasteiger charge is -2.23. The van der Waals surface area contributed by atoms with E-state index in [1.807, 2.05) is 139 Å². The number of rotatable bonds is 7. The average molecular weight is 769 g/mol. The van der Waals surface area contributed by atoms with Gasteiger partial charge in [-0.15, -0.1) is 0 Å². The first-order valence-electron chi connectivity index (χ1n) is 19.3. The Hall–Kier alpha value is -7.06. The molecule has 290 valence electrons. The third-order valence-corrected chi connectivity index (χ3v) is 11.1. The number of aromatic hydroxyl groups is 6. The van der Waals surface area contributed by atoms with Crippen LogP contribution in [-0.4, -0.2) is 43.1 Å². The number of phenols is 6. The van der Waals surface area contributed by atoms with Crippen LogP contribution < -0.4 is 0 Å². The van der Waals surface area contributed by atoms with E-state index in [4.69, 9.17) is 9.98 Å². The summed E-state index contributed by atoms with van der Waals surface area (Å²) in [7, 11) is 0. The van der Waals surface area contributed by atoms with Gasteiger partial charge < -0.3 is 30.6 Å². The normalized spacial score (nSPS) is 12.2. The fourth-order valence-corrected chi connectivity index (χ4v) is 8.42. The van der Waals surface area contributed by atoms with E-state index in [2.05, 4.69) is 0 Å². The Balaban J connectivity index is 1.40. The van der Waals surface area contributed by atoms with Gasteiger partial charge in [0, 0.05) is 45.5 Å². The van der Waals surface area contributed by atoms with Gasteiger partial charge >= 0.3 is 0 Å². The van der Waals surface area contributed by atoms with Gasteiger partial charge in [0.15, 0.2) is 23.0 Å². The molecule has 0 bridgehead atoms. The summed E-state index contributed by atoms with van der Waals surface area (Å²) in [6, 6.07) is 30.9. The highest BCUT2D eigenvalue weighted by molar-refractivity contribution is 6.15. The first-order chi connectivity index (χ1) is 27.8. The molecule has 0 aliphatic heterocycles. The van der Waals surface area contributed by atoms with Crippen molar-refractivity contribution in [1.29, 1.82) is 0 Å². The second kappa shape index (κ2) is 14.5. The summed E-state index contributed by atoms with van der Waals surface area (Å²) in [6.45, 7) is 11.2. The second-order valence-electron chi connectivity index (χ2n) is 15.6. The zero-order valence-electron chi connectivity index (χ0n) is 33.1. The zero-order chi connectivity index (χ0) is 41.2. The Labute approximate surface area is 336 Å². The van der Waals surface area contributed by atoms with E-state index >= 15 is 0 Å². The molecule has 0 saturated heterocycles. The Morgan fingerprint density at radius 1 is 0.431 bits per heavy atom. The fourth-order valence-electron chi connectivity index (χ4n) is 8.42. The molecule has 0 heterocycles. The third kappa shape index (κ3) is 6.18. The van der Waals surface area contributed by atoms with Crippen LogP contribution in [0.25, 0.3) is 54.2 Å². The van der Waals surface area contributed by atoms with Gasteiger partial charge in [0.1, 0.15) is 11.5 Å². The first kappa shape index (κ1) is 37.8. The molecular formula is C50H44N2O6. The molecule has 0 spiro atoms. The van der Waals surface area contributed by atoms with Crippen molar-refractivity contribution >= 4 is 66.9 Å². The highest BCUT2D eigenvalue weighted by atomic mass is 16.3. The van der Waals surface area contributed by atoms with Gasteiger partial charge in [0.2, 0.25) is 0 Å². The van der Waals surface area contributed by atoms with Gasteiger partial charge in [-0.3, -0.25) is 9.98 Å². The Morgan fingerprint density at radius 3 is 1.16 bits per heavy atom. The summed E-state index contributed by atoms with van der Waals surface area (Å²) in [4.78, 5) is 9.38. The lowest BCUT2D eigenvalue weighted by molar-refractivity contribution is 0.398. The minimum Gasteiger partial charge on any atom is -0.507 e. The van der Waals surface area contributed by atoms with Crippen LogP contribution in [0.3, 0.4) is 0 Å². The lowest BCUT2D eigenvalue weighted by atomic mass is 9.83. The van der Waals surface area contributed by atoms with E-state index in [0.717, 1.165) is 21.5 Å². The summed E-state index contributed by atoms with van der Waals surface area (Å²) in [5, 5.41) is 76.6. The predicted molar refractivity (Wildman–Crippen MR) is 237 cm³/mol. The Kier molecular flexibility index (Phi) is 9.44. The van der Waals surface area contributed by atoms with Gasteiger partial charge in [0.25, 0.3) is 0 Å². The summed E-state index contributed by atoms with van der Waals surface area (Å²) in [6.07, 6.45) is 2.88. The Bertz CT molecular complexity index is 2850. The van der Waals surface area contributed by atoms with Gasteiger partial charge in [-0.25, -0.2) is 0 Å². The minimum absolute atomic E-state index is 0.106. The van der Waals surface area contributed by atoms with Crippen LogP contribution in [0.2, 0.25) is 0 Å². The largest absolute Gasteiger partial charge is 0.507 e. The van der Waals surface area contributed by atoms with Crippen molar-refractivity contribution < 1.29 is 30.6 Å². The number of benzene rings is 8. The third-order valence-electron chi connectivity index (χ3n) is 11.1. The molecule has 8 rings (SSSR count). The van der Waals surface area contributed by atoms with Crippen molar-refractivity contribution in [1.82, 2.24) is 0 Å². The fraction of sp³-hybridized carbons (Fsp3) is 0.160. The van der Waals surface area contributed by atoms with Crippen LogP contribution in [0, 0.1) is 13.8 Å². The number of aliphatic imine (C=N–C) groups is 2. The summed E-state index contributed by atoms with van der Waals surface area (Å²) in [5.41, 5.74) is 4.09. The van der Waals surface area contributed by atoms with Crippen molar-refractivity contribution in [2.24, 2.45) is 9.98 Å². The molecule has 0 aliphatic rings. The molecule has 6 N–H and O–H groups in total. The monoisotopic (exact) mass is 768 g/mol. The molecule has 0 atom stereocenters. The smallest absolute Gasteiger partial charge is 0.167 e. The summed E-state index contributed by atoms with van der Waals surface area (Å²) >= 11 is 0. The maximum atomic E-state index is 12.5. The van der Waals surface area contributed by atoms with E-state index in [1.165, 1.54) is 12.4 Å². The minimum atomic E-state index is -0.431. The zero-order valence-corrected chi connectivity index (χ0v) is 33.1. The number of aryl methyl sites for hydroxylation is 2. The molecular weight excluding hydrogens is 725 g/mol. The van der Waals surface area contributed by atoms with Crippen LogP contribution in [-0.2, 0) is 0 Å². The van der Waals surface area contributed by atoms with E-state index < -0.39 is 11.5 Å². The van der Waals surface area contributed by atoms with Gasteiger partial charge in [0.05, 0.1) is 22.5 Å². The highest BCUT2D eigenvalue weighted by Crippen LogP contribution is 2.54. The number of fused-ring (bicyclic) bond motifs is 4. The summed E-state index contributed by atoms with van der Waals surface area (Å²) < 4.78 is 0. The number of nitrogens with zero attached hydrogens (tertiary/aromatic N) is 2. The highest BCUT2D eigenvalue weighted by Gasteiger charge is 2.29. The van der Waals surface area contributed by atoms with Gasteiger partial charge in [-0.1, -0.05) is 100 Å². The predicted octanol–water partition coefficient (Wildman–Crippen LogP) is 12.6. The van der Waals surface area contributed by atoms with Crippen LogP contribution in [0.4, 0.5) is 11.4 Å². The van der Waals surface area contributed by atoms with Crippen molar-refractivity contribution in [2.45, 2.75) is 53.4 Å². The topological polar surface area (TPSA) is 146 Å². The molecule has 0 unspecified atom stereocenters. The molecule has 0 saturated carbocycles. The van der Waals surface area contributed by atoms with E-state index in [-0.39, 0.29) is 56.7 Å². The molecule has 8 aromatic carbocycles. The number of hydrogen-bond donors (Lipinski definition) is 6. The van der Waals surface area contributed by atoms with Crippen molar-refractivity contribution in [2.75, 3.05) is 0 Å². The van der Waals surface area contributed by atoms with Gasteiger partial charge in [-0.05, 0) is 93.4 Å². The molecule has 0 fully saturated rings. The van der Waals surface area contributed by atoms with E-state index in [9.17, 15) is 30.6 Å². The Morgan fingerprint density at radius 2 is 0.793 bits per heavy atom. The van der Waals surface area contributed by atoms with Crippen molar-refractivity contribution in [3.8, 4) is 45.6 Å². The van der Waals surface area contributed by atoms with Crippen LogP contribution in [0.5, 0.6) is 34.5 Å². The quantitative estimate of drug-likeness (QED) is 0.0703. The molecule has 8 heteroatoms. The van der Waals surface area contributed by atoms with E-state index in [1.54, 1.807) is 0 Å². The molecule has 8 nitrogen and oxygen atoms in total. The molecule has 8 aromatic rings. The van der Waals surface area contributed by atoms with Crippen LogP contribution in [0.1, 0.15) is 72.9 Å². The summed E-state index contributed by atoms with van der Waals surface area (Å²) in [5.74, 6) is -2.41. The molecule has 0 aromatic heterocycles. The standard InChI is InChI=1S/C50H44N2O6/c1-25(2)39-35-19-27(5)41(47(55)43(35)37(45(53)49(39)57)23-51-33-17-15-29-11-7-9-13-31(29)21-33)42-28(6)20-36-40(26(3)4)50(58)46(54)38(44(36)48(42)56)24-52-34-18-16-30-12-8-10-14-32(30)22-34/h7-26,53-58H,1-6H3. The average Bonchev–Trinajstić information content (AvgIpc) is 3.19. The molecule has 0 radical (unpaired) electrons. The lowest BCUT2D eigenvalue weighted by Crippen LogP contribution is -2.01.